The smallest absolute Gasteiger partial charge is 0.420 e. The maximum absolute atomic E-state index is 13.9. The number of pyridine rings is 1. The number of amides is 1. The van der Waals surface area contributed by atoms with Crippen LogP contribution in [0, 0.1) is 25.2 Å². The second kappa shape index (κ2) is 12.5. The van der Waals surface area contributed by atoms with E-state index in [-0.39, 0.29) is 41.4 Å². The number of rotatable bonds is 11. The number of nitrogens with zero attached hydrogens (tertiary/aromatic N) is 4. The number of carbonyl (C=O) groups is 1. The van der Waals surface area contributed by atoms with Gasteiger partial charge in [-0.3, -0.25) is 14.5 Å². The van der Waals surface area contributed by atoms with Crippen molar-refractivity contribution in [2.75, 3.05) is 30.5 Å². The number of methoxy groups -OCH3 is 1. The molecule has 2 heterocycles. The van der Waals surface area contributed by atoms with Gasteiger partial charge in [-0.25, -0.2) is 5.84 Å². The van der Waals surface area contributed by atoms with Crippen LogP contribution in [0.5, 0.6) is 5.75 Å². The third-order valence-electron chi connectivity index (χ3n) is 6.32. The van der Waals surface area contributed by atoms with Crippen LogP contribution in [-0.2, 0) is 19.8 Å². The number of aryl methyl sites for hydroxylation is 2. The normalized spacial score (nSPS) is 11.6. The van der Waals surface area contributed by atoms with Crippen molar-refractivity contribution in [3.63, 3.8) is 0 Å². The number of anilines is 2. The number of nitrogens with two attached hydrogens (primary N) is 1. The average molecular weight is 561 g/mol. The van der Waals surface area contributed by atoms with E-state index in [1.54, 1.807) is 24.9 Å². The number of hydrazine groups is 1. The summed E-state index contributed by atoms with van der Waals surface area (Å²) in [6.07, 6.45) is -1.80. The zero-order chi connectivity index (χ0) is 29.8. The number of halogens is 3. The molecule has 2 aromatic heterocycles. The first-order valence-corrected chi connectivity index (χ1v) is 12.6. The SMILES string of the molecule is COc1c(CNCC(C)C)cc(NC(=O)c2cnc(C)c(N(N)CC(=N)c3cnn(C)c3C)c2)cc1C(F)(F)F. The monoisotopic (exact) mass is 560 g/mol. The Morgan fingerprint density at radius 1 is 1.23 bits per heavy atom. The van der Waals surface area contributed by atoms with Gasteiger partial charge in [-0.2, -0.15) is 18.3 Å². The first-order chi connectivity index (χ1) is 18.7. The van der Waals surface area contributed by atoms with Gasteiger partial charge in [0, 0.05) is 42.3 Å². The number of ether oxygens (including phenoxy) is 1. The highest BCUT2D eigenvalue weighted by molar-refractivity contribution is 6.05. The molecule has 5 N–H and O–H groups in total. The Kier molecular flexibility index (Phi) is 9.53. The molecule has 40 heavy (non-hydrogen) atoms. The molecule has 216 valence electrons. The van der Waals surface area contributed by atoms with Gasteiger partial charge in [-0.15, -0.1) is 0 Å². The topological polar surface area (TPSA) is 134 Å². The maximum atomic E-state index is 13.9. The number of alkyl halides is 3. The average Bonchev–Trinajstić information content (AvgIpc) is 3.21. The molecule has 0 saturated heterocycles. The van der Waals surface area contributed by atoms with E-state index >= 15 is 0 Å². The lowest BCUT2D eigenvalue weighted by Crippen LogP contribution is -2.37. The van der Waals surface area contributed by atoms with Gasteiger partial charge in [0.2, 0.25) is 0 Å². The zero-order valence-electron chi connectivity index (χ0n) is 23.4. The van der Waals surface area contributed by atoms with Crippen molar-refractivity contribution < 1.29 is 22.7 Å². The second-order valence-corrected chi connectivity index (χ2v) is 9.90. The molecule has 3 aromatic rings. The first kappa shape index (κ1) is 30.6. The Balaban J connectivity index is 1.87. The summed E-state index contributed by atoms with van der Waals surface area (Å²) < 4.78 is 48.4. The lowest BCUT2D eigenvalue weighted by atomic mass is 10.1. The number of hydrogen-bond acceptors (Lipinski definition) is 8. The number of carbonyl (C=O) groups excluding carboxylic acids is 1. The Hall–Kier alpha value is -3.97. The summed E-state index contributed by atoms with van der Waals surface area (Å²) >= 11 is 0. The van der Waals surface area contributed by atoms with E-state index in [1.165, 1.54) is 30.4 Å². The summed E-state index contributed by atoms with van der Waals surface area (Å²) in [7, 11) is 2.95. The predicted molar refractivity (Wildman–Crippen MR) is 148 cm³/mol. The highest BCUT2D eigenvalue weighted by Crippen LogP contribution is 2.40. The van der Waals surface area contributed by atoms with E-state index in [9.17, 15) is 18.0 Å². The molecule has 0 fully saturated rings. The quantitative estimate of drug-likeness (QED) is 0.157. The van der Waals surface area contributed by atoms with E-state index in [4.69, 9.17) is 16.0 Å². The maximum Gasteiger partial charge on any atom is 0.420 e. The third-order valence-corrected chi connectivity index (χ3v) is 6.32. The van der Waals surface area contributed by atoms with E-state index in [1.807, 2.05) is 20.8 Å². The molecule has 0 spiro atoms. The van der Waals surface area contributed by atoms with Crippen LogP contribution < -0.4 is 26.2 Å². The number of hydrogen-bond donors (Lipinski definition) is 4. The molecule has 0 aliphatic carbocycles. The van der Waals surface area contributed by atoms with Gasteiger partial charge in [0.05, 0.1) is 48.1 Å². The fourth-order valence-corrected chi connectivity index (χ4v) is 4.11. The minimum atomic E-state index is -4.70. The van der Waals surface area contributed by atoms with Crippen molar-refractivity contribution in [1.82, 2.24) is 20.1 Å². The van der Waals surface area contributed by atoms with Crippen LogP contribution in [0.3, 0.4) is 0 Å². The summed E-state index contributed by atoms with van der Waals surface area (Å²) in [6, 6.07) is 3.78. The summed E-state index contributed by atoms with van der Waals surface area (Å²) in [6.45, 7) is 8.23. The molecule has 0 atom stereocenters. The molecule has 0 unspecified atom stereocenters. The molecule has 13 heteroatoms. The first-order valence-electron chi connectivity index (χ1n) is 12.6. The lowest BCUT2D eigenvalue weighted by molar-refractivity contribution is -0.138. The van der Waals surface area contributed by atoms with Crippen LogP contribution >= 0.6 is 0 Å². The highest BCUT2D eigenvalue weighted by Gasteiger charge is 2.36. The van der Waals surface area contributed by atoms with Crippen molar-refractivity contribution in [3.05, 3.63) is 64.2 Å². The lowest BCUT2D eigenvalue weighted by Gasteiger charge is -2.21. The number of nitrogens with one attached hydrogen (secondary N) is 3. The van der Waals surface area contributed by atoms with Crippen LogP contribution in [-0.4, -0.2) is 46.6 Å². The van der Waals surface area contributed by atoms with Gasteiger partial charge in [-0.1, -0.05) is 13.8 Å². The van der Waals surface area contributed by atoms with Crippen LogP contribution in [0.15, 0.2) is 30.6 Å². The van der Waals surface area contributed by atoms with Crippen molar-refractivity contribution >= 4 is 23.0 Å². The van der Waals surface area contributed by atoms with E-state index in [2.05, 4.69) is 20.7 Å². The van der Waals surface area contributed by atoms with Gasteiger partial charge in [0.1, 0.15) is 5.75 Å². The summed E-state index contributed by atoms with van der Waals surface area (Å²) in [5.74, 6) is 5.57. The molecule has 0 aliphatic rings. The van der Waals surface area contributed by atoms with Gasteiger partial charge >= 0.3 is 6.18 Å². The standard InChI is InChI=1S/C27H35F3N8O2/c1-15(2)10-33-11-18-7-20(9-22(25(18)40-6)27(28,29)30)36-26(39)19-8-24(16(3)34-12-19)38(32)14-23(31)21-13-35-37(5)17(21)4/h7-9,12-13,15,31,33H,10-11,14,32H2,1-6H3,(H,36,39). The molecular formula is C27H35F3N8O2. The fourth-order valence-electron chi connectivity index (χ4n) is 4.11. The van der Waals surface area contributed by atoms with Crippen molar-refractivity contribution in [2.24, 2.45) is 18.8 Å². The highest BCUT2D eigenvalue weighted by atomic mass is 19.4. The van der Waals surface area contributed by atoms with Gasteiger partial charge < -0.3 is 25.8 Å². The Labute approximate surface area is 231 Å². The number of benzene rings is 1. The van der Waals surface area contributed by atoms with Gasteiger partial charge in [-0.05, 0) is 44.5 Å². The van der Waals surface area contributed by atoms with Crippen molar-refractivity contribution in [3.8, 4) is 5.75 Å². The largest absolute Gasteiger partial charge is 0.496 e. The molecule has 0 aliphatic heterocycles. The summed E-state index contributed by atoms with van der Waals surface area (Å²) in [5, 5.41) is 19.5. The van der Waals surface area contributed by atoms with E-state index in [0.29, 0.717) is 29.4 Å². The van der Waals surface area contributed by atoms with Crippen LogP contribution in [0.4, 0.5) is 24.5 Å². The Morgan fingerprint density at radius 2 is 1.93 bits per heavy atom. The molecule has 0 bridgehead atoms. The minimum Gasteiger partial charge on any atom is -0.496 e. The van der Waals surface area contributed by atoms with Crippen LogP contribution in [0.25, 0.3) is 0 Å². The van der Waals surface area contributed by atoms with Gasteiger partial charge in [0.25, 0.3) is 5.91 Å². The molecule has 1 aromatic carbocycles. The Bertz CT molecular complexity index is 1380. The van der Waals surface area contributed by atoms with E-state index < -0.39 is 17.6 Å². The third kappa shape index (κ3) is 7.16. The van der Waals surface area contributed by atoms with Crippen molar-refractivity contribution in [1.29, 1.82) is 5.41 Å². The summed E-state index contributed by atoms with van der Waals surface area (Å²) in [4.78, 5) is 17.4. The molecule has 3 rings (SSSR count). The Morgan fingerprint density at radius 3 is 2.50 bits per heavy atom. The fraction of sp³-hybridized carbons (Fsp3) is 0.407. The second-order valence-electron chi connectivity index (χ2n) is 9.90. The predicted octanol–water partition coefficient (Wildman–Crippen LogP) is 4.21. The molecular weight excluding hydrogens is 525 g/mol. The summed E-state index contributed by atoms with van der Waals surface area (Å²) in [5.41, 5.74) is 1.87. The molecule has 10 nitrogen and oxygen atoms in total. The molecule has 1 amide bonds. The zero-order valence-corrected chi connectivity index (χ0v) is 23.4. The van der Waals surface area contributed by atoms with Crippen LogP contribution in [0.1, 0.15) is 52.3 Å². The van der Waals surface area contributed by atoms with E-state index in [0.717, 1.165) is 11.8 Å². The molecule has 0 saturated carbocycles. The van der Waals surface area contributed by atoms with Crippen LogP contribution in [0.2, 0.25) is 0 Å². The molecule has 0 radical (unpaired) electrons. The minimum absolute atomic E-state index is 0.0142. The van der Waals surface area contributed by atoms with Crippen molar-refractivity contribution in [2.45, 2.75) is 40.4 Å². The van der Waals surface area contributed by atoms with Gasteiger partial charge in [0.15, 0.2) is 0 Å². The number of aromatic nitrogens is 3.